The molecule has 1 N–H and O–H groups in total. The number of nitro groups is 2. The van der Waals surface area contributed by atoms with Gasteiger partial charge < -0.3 is 5.32 Å². The van der Waals surface area contributed by atoms with Gasteiger partial charge in [0.1, 0.15) is 0 Å². The first-order chi connectivity index (χ1) is 15.8. The third-order valence-corrected chi connectivity index (χ3v) is 5.93. The molecular formula is C22H21N5O6. The molecule has 1 heterocycles. The van der Waals surface area contributed by atoms with Gasteiger partial charge in [-0.25, -0.2) is 5.01 Å². The lowest BCUT2D eigenvalue weighted by Gasteiger charge is -2.25. The van der Waals surface area contributed by atoms with Crippen molar-refractivity contribution >= 4 is 28.9 Å². The number of hydrazone groups is 1. The number of nitrogens with one attached hydrogen (secondary N) is 1. The van der Waals surface area contributed by atoms with E-state index in [1.807, 2.05) is 0 Å². The monoisotopic (exact) mass is 451 g/mol. The Kier molecular flexibility index (Phi) is 6.11. The van der Waals surface area contributed by atoms with Gasteiger partial charge in [-0.2, -0.15) is 5.10 Å². The number of hydrogen-bond acceptors (Lipinski definition) is 7. The summed E-state index contributed by atoms with van der Waals surface area (Å²) in [6.45, 7) is -0.238. The van der Waals surface area contributed by atoms with E-state index < -0.39 is 21.8 Å². The number of carbonyl (C=O) groups excluding carboxylic acids is 2. The lowest BCUT2D eigenvalue weighted by Crippen LogP contribution is -2.41. The molecule has 0 saturated heterocycles. The molecule has 0 bridgehead atoms. The van der Waals surface area contributed by atoms with Crippen LogP contribution in [0.4, 0.5) is 11.4 Å². The highest BCUT2D eigenvalue weighted by molar-refractivity contribution is 6.03. The van der Waals surface area contributed by atoms with E-state index >= 15 is 0 Å². The molecule has 2 aromatic carbocycles. The number of hydrogen-bond donors (Lipinski definition) is 1. The van der Waals surface area contributed by atoms with Crippen LogP contribution in [0, 0.1) is 26.1 Å². The van der Waals surface area contributed by atoms with Crippen LogP contribution in [0.3, 0.4) is 0 Å². The van der Waals surface area contributed by atoms with Gasteiger partial charge in [-0.1, -0.05) is 18.6 Å². The Morgan fingerprint density at radius 1 is 1.03 bits per heavy atom. The van der Waals surface area contributed by atoms with Crippen molar-refractivity contribution in [3.05, 3.63) is 79.9 Å². The van der Waals surface area contributed by atoms with E-state index in [2.05, 4.69) is 10.4 Å². The van der Waals surface area contributed by atoms with Crippen molar-refractivity contribution in [1.29, 1.82) is 0 Å². The molecule has 2 aliphatic rings. The highest BCUT2D eigenvalue weighted by atomic mass is 16.6. The fraction of sp³-hybridized carbons (Fsp3) is 0.318. The van der Waals surface area contributed by atoms with Gasteiger partial charge in [0.25, 0.3) is 17.3 Å². The summed E-state index contributed by atoms with van der Waals surface area (Å²) in [7, 11) is 0. The van der Waals surface area contributed by atoms with Crippen molar-refractivity contribution in [2.75, 3.05) is 6.54 Å². The van der Waals surface area contributed by atoms with E-state index in [1.165, 1.54) is 29.3 Å². The van der Waals surface area contributed by atoms with Crippen molar-refractivity contribution in [2.24, 2.45) is 11.0 Å². The third-order valence-electron chi connectivity index (χ3n) is 5.93. The Labute approximate surface area is 188 Å². The van der Waals surface area contributed by atoms with E-state index in [1.54, 1.807) is 24.3 Å². The van der Waals surface area contributed by atoms with E-state index in [9.17, 15) is 29.8 Å². The molecule has 0 aromatic heterocycles. The van der Waals surface area contributed by atoms with Crippen molar-refractivity contribution in [3.63, 3.8) is 0 Å². The summed E-state index contributed by atoms with van der Waals surface area (Å²) in [5.41, 5.74) is 1.47. The average molecular weight is 451 g/mol. The van der Waals surface area contributed by atoms with Crippen LogP contribution < -0.4 is 5.32 Å². The molecule has 0 spiro atoms. The molecule has 0 unspecified atom stereocenters. The number of nitro benzene ring substituents is 2. The first-order valence-electron chi connectivity index (χ1n) is 10.5. The molecule has 1 saturated carbocycles. The fourth-order valence-electron chi connectivity index (χ4n) is 3.85. The standard InChI is InChI=1S/C22H21N5O6/c28-21(13-23-22(29)15-3-1-4-15)25-20(16-5-2-6-18(11-16)27(32)33)12-19(24-25)14-7-9-17(10-8-14)26(30)31/h2,5-11,15,20H,1,3-4,12-13H2,(H,23,29)/t20-/m0/s1. The van der Waals surface area contributed by atoms with Gasteiger partial charge in [-0.3, -0.25) is 29.8 Å². The van der Waals surface area contributed by atoms with Crippen LogP contribution in [0.5, 0.6) is 0 Å². The van der Waals surface area contributed by atoms with E-state index in [-0.39, 0.29) is 36.2 Å². The summed E-state index contributed by atoms with van der Waals surface area (Å²) in [4.78, 5) is 46.3. The van der Waals surface area contributed by atoms with Crippen molar-refractivity contribution in [1.82, 2.24) is 10.3 Å². The van der Waals surface area contributed by atoms with Gasteiger partial charge >= 0.3 is 0 Å². The zero-order chi connectivity index (χ0) is 23.5. The Bertz CT molecular complexity index is 1140. The third kappa shape index (κ3) is 4.71. The molecule has 1 atom stereocenters. The minimum Gasteiger partial charge on any atom is -0.347 e. The highest BCUT2D eigenvalue weighted by Crippen LogP contribution is 2.34. The van der Waals surface area contributed by atoms with E-state index in [4.69, 9.17) is 0 Å². The highest BCUT2D eigenvalue weighted by Gasteiger charge is 2.34. The number of nitrogens with zero attached hydrogens (tertiary/aromatic N) is 4. The van der Waals surface area contributed by atoms with Gasteiger partial charge in [0.15, 0.2) is 0 Å². The fourth-order valence-corrected chi connectivity index (χ4v) is 3.85. The molecular weight excluding hydrogens is 430 g/mol. The predicted octanol–water partition coefficient (Wildman–Crippen LogP) is 3.10. The van der Waals surface area contributed by atoms with Crippen LogP contribution in [0.25, 0.3) is 0 Å². The van der Waals surface area contributed by atoms with Crippen molar-refractivity contribution < 1.29 is 19.4 Å². The molecule has 11 nitrogen and oxygen atoms in total. The topological polar surface area (TPSA) is 148 Å². The lowest BCUT2D eigenvalue weighted by atomic mass is 9.85. The van der Waals surface area contributed by atoms with Gasteiger partial charge in [0, 0.05) is 36.6 Å². The number of amides is 2. The minimum atomic E-state index is -0.608. The first kappa shape index (κ1) is 22.1. The summed E-state index contributed by atoms with van der Waals surface area (Å²) in [6.07, 6.45) is 2.88. The Morgan fingerprint density at radius 3 is 2.33 bits per heavy atom. The molecule has 11 heteroatoms. The molecule has 0 radical (unpaired) electrons. The van der Waals surface area contributed by atoms with Crippen LogP contribution >= 0.6 is 0 Å². The predicted molar refractivity (Wildman–Crippen MR) is 117 cm³/mol. The maximum absolute atomic E-state index is 13.0. The van der Waals surface area contributed by atoms with Crippen molar-refractivity contribution in [2.45, 2.75) is 31.7 Å². The quantitative estimate of drug-likeness (QED) is 0.505. The first-order valence-corrected chi connectivity index (χ1v) is 10.5. The number of non-ortho nitro benzene ring substituents is 2. The zero-order valence-corrected chi connectivity index (χ0v) is 17.5. The smallest absolute Gasteiger partial charge is 0.269 e. The Morgan fingerprint density at radius 2 is 1.73 bits per heavy atom. The Balaban J connectivity index is 1.59. The van der Waals surface area contributed by atoms with Crippen molar-refractivity contribution in [3.8, 4) is 0 Å². The zero-order valence-electron chi connectivity index (χ0n) is 17.5. The molecule has 2 amide bonds. The Hall–Kier alpha value is -4.15. The second-order valence-corrected chi connectivity index (χ2v) is 8.01. The second-order valence-electron chi connectivity index (χ2n) is 8.01. The molecule has 1 fully saturated rings. The maximum atomic E-state index is 13.0. The number of carbonyl (C=O) groups is 2. The van der Waals surface area contributed by atoms with E-state index in [0.717, 1.165) is 19.3 Å². The number of rotatable bonds is 7. The van der Waals surface area contributed by atoms with Crippen LogP contribution in [-0.4, -0.2) is 38.9 Å². The molecule has 2 aromatic rings. The molecule has 4 rings (SSSR count). The second kappa shape index (κ2) is 9.15. The molecule has 1 aliphatic carbocycles. The normalized spacial score (nSPS) is 17.8. The van der Waals surface area contributed by atoms with Crippen LogP contribution in [-0.2, 0) is 9.59 Å². The summed E-state index contributed by atoms with van der Waals surface area (Å²) >= 11 is 0. The maximum Gasteiger partial charge on any atom is 0.269 e. The largest absolute Gasteiger partial charge is 0.347 e. The van der Waals surface area contributed by atoms with Gasteiger partial charge in [0.05, 0.1) is 28.1 Å². The number of benzene rings is 2. The summed E-state index contributed by atoms with van der Waals surface area (Å²) < 4.78 is 0. The molecule has 1 aliphatic heterocycles. The van der Waals surface area contributed by atoms with Crippen LogP contribution in [0.2, 0.25) is 0 Å². The van der Waals surface area contributed by atoms with Gasteiger partial charge in [0.2, 0.25) is 5.91 Å². The van der Waals surface area contributed by atoms with Gasteiger partial charge in [-0.05, 0) is 36.1 Å². The minimum absolute atomic E-state index is 0.0666. The SMILES string of the molecule is O=C(NCC(=O)N1N=C(c2ccc([N+](=O)[O-])cc2)C[C@H]1c1cccc([N+](=O)[O-])c1)C1CCC1. The van der Waals surface area contributed by atoms with Gasteiger partial charge in [-0.15, -0.1) is 0 Å². The van der Waals surface area contributed by atoms with E-state index in [0.29, 0.717) is 16.8 Å². The lowest BCUT2D eigenvalue weighted by molar-refractivity contribution is -0.385. The van der Waals surface area contributed by atoms with Crippen LogP contribution in [0.15, 0.2) is 53.6 Å². The average Bonchev–Trinajstić information content (AvgIpc) is 3.22. The summed E-state index contributed by atoms with van der Waals surface area (Å²) in [5.74, 6) is -0.681. The molecule has 33 heavy (non-hydrogen) atoms. The summed E-state index contributed by atoms with van der Waals surface area (Å²) in [6, 6.07) is 11.2. The summed E-state index contributed by atoms with van der Waals surface area (Å²) in [5, 5.41) is 30.5. The molecule has 170 valence electrons. The van der Waals surface area contributed by atoms with Crippen LogP contribution in [0.1, 0.15) is 42.9 Å².